The van der Waals surface area contributed by atoms with Crippen molar-refractivity contribution < 1.29 is 13.9 Å². The van der Waals surface area contributed by atoms with E-state index in [1.165, 1.54) is 12.1 Å². The molecular formula is C20H18FNO2. The fourth-order valence-electron chi connectivity index (χ4n) is 2.50. The molecular weight excluding hydrogens is 305 g/mol. The third-order valence-electron chi connectivity index (χ3n) is 3.86. The highest BCUT2D eigenvalue weighted by atomic mass is 19.1. The van der Waals surface area contributed by atoms with E-state index in [2.05, 4.69) is 17.2 Å². The molecule has 0 aromatic heterocycles. The molecule has 2 aromatic rings. The van der Waals surface area contributed by atoms with Crippen molar-refractivity contribution in [2.75, 3.05) is 13.2 Å². The quantitative estimate of drug-likeness (QED) is 0.881. The standard InChI is InChI=1S/C20H18FNO2/c21-18-11-7-16(8-12-18)4-3-15-5-9-17(10-6-15)20(23)22-14-19-2-1-13-24-19/h5-12,19H,1-2,13-14H2,(H,22,23)/t19-/m1/s1. The van der Waals surface area contributed by atoms with Gasteiger partial charge >= 0.3 is 0 Å². The van der Waals surface area contributed by atoms with Crippen LogP contribution in [-0.2, 0) is 4.74 Å². The van der Waals surface area contributed by atoms with E-state index in [0.29, 0.717) is 12.1 Å². The zero-order valence-electron chi connectivity index (χ0n) is 13.2. The summed E-state index contributed by atoms with van der Waals surface area (Å²) in [7, 11) is 0. The van der Waals surface area contributed by atoms with Gasteiger partial charge in [0.15, 0.2) is 0 Å². The molecule has 0 radical (unpaired) electrons. The van der Waals surface area contributed by atoms with Crippen LogP contribution in [0.5, 0.6) is 0 Å². The van der Waals surface area contributed by atoms with E-state index < -0.39 is 0 Å². The van der Waals surface area contributed by atoms with Crippen molar-refractivity contribution in [3.05, 3.63) is 71.0 Å². The first-order chi connectivity index (χ1) is 11.7. The lowest BCUT2D eigenvalue weighted by atomic mass is 10.1. The van der Waals surface area contributed by atoms with Crippen LogP contribution in [-0.4, -0.2) is 25.2 Å². The van der Waals surface area contributed by atoms with Crippen LogP contribution in [0.25, 0.3) is 0 Å². The van der Waals surface area contributed by atoms with E-state index in [0.717, 1.165) is 30.6 Å². The number of carbonyl (C=O) groups is 1. The third kappa shape index (κ3) is 4.43. The van der Waals surface area contributed by atoms with Gasteiger partial charge in [-0.15, -0.1) is 0 Å². The summed E-state index contributed by atoms with van der Waals surface area (Å²) in [5.41, 5.74) is 2.14. The molecule has 0 spiro atoms. The van der Waals surface area contributed by atoms with Gasteiger partial charge in [0.25, 0.3) is 5.91 Å². The highest BCUT2D eigenvalue weighted by molar-refractivity contribution is 5.94. The molecule has 0 aliphatic carbocycles. The van der Waals surface area contributed by atoms with E-state index in [9.17, 15) is 9.18 Å². The highest BCUT2D eigenvalue weighted by Gasteiger charge is 2.16. The number of ether oxygens (including phenoxy) is 1. The second kappa shape index (κ2) is 7.76. The summed E-state index contributed by atoms with van der Waals surface area (Å²) in [5, 5.41) is 2.89. The van der Waals surface area contributed by atoms with Crippen LogP contribution < -0.4 is 5.32 Å². The number of nitrogens with one attached hydrogen (secondary N) is 1. The second-order valence-electron chi connectivity index (χ2n) is 5.68. The normalized spacial score (nSPS) is 16.3. The molecule has 1 saturated heterocycles. The molecule has 3 rings (SSSR count). The maximum absolute atomic E-state index is 12.8. The Morgan fingerprint density at radius 1 is 1.08 bits per heavy atom. The minimum absolute atomic E-state index is 0.108. The van der Waals surface area contributed by atoms with Crippen molar-refractivity contribution in [2.45, 2.75) is 18.9 Å². The van der Waals surface area contributed by atoms with E-state index in [4.69, 9.17) is 4.74 Å². The number of benzene rings is 2. The Balaban J connectivity index is 1.58. The summed E-state index contributed by atoms with van der Waals surface area (Å²) >= 11 is 0. The Hall–Kier alpha value is -2.64. The van der Waals surface area contributed by atoms with E-state index in [-0.39, 0.29) is 17.8 Å². The van der Waals surface area contributed by atoms with Crippen molar-refractivity contribution in [3.8, 4) is 11.8 Å². The molecule has 0 bridgehead atoms. The van der Waals surface area contributed by atoms with Crippen molar-refractivity contribution in [1.82, 2.24) is 5.32 Å². The molecule has 4 heteroatoms. The lowest BCUT2D eigenvalue weighted by molar-refractivity contribution is 0.0858. The first-order valence-electron chi connectivity index (χ1n) is 7.98. The van der Waals surface area contributed by atoms with Gasteiger partial charge in [-0.2, -0.15) is 0 Å². The monoisotopic (exact) mass is 323 g/mol. The Kier molecular flexibility index (Phi) is 5.25. The zero-order chi connectivity index (χ0) is 16.8. The van der Waals surface area contributed by atoms with Gasteiger partial charge in [0.1, 0.15) is 5.82 Å². The smallest absolute Gasteiger partial charge is 0.251 e. The van der Waals surface area contributed by atoms with Gasteiger partial charge in [0.05, 0.1) is 6.10 Å². The number of amides is 1. The Morgan fingerprint density at radius 3 is 2.29 bits per heavy atom. The molecule has 122 valence electrons. The number of carbonyl (C=O) groups excluding carboxylic acids is 1. The van der Waals surface area contributed by atoms with E-state index >= 15 is 0 Å². The van der Waals surface area contributed by atoms with Crippen LogP contribution in [0.1, 0.15) is 34.3 Å². The van der Waals surface area contributed by atoms with E-state index in [1.54, 1.807) is 36.4 Å². The summed E-state index contributed by atoms with van der Waals surface area (Å²) in [6.07, 6.45) is 2.19. The fourth-order valence-corrected chi connectivity index (χ4v) is 2.50. The zero-order valence-corrected chi connectivity index (χ0v) is 13.2. The average Bonchev–Trinajstić information content (AvgIpc) is 3.13. The van der Waals surface area contributed by atoms with Crippen LogP contribution in [0.2, 0.25) is 0 Å². The number of hydrogen-bond donors (Lipinski definition) is 1. The van der Waals surface area contributed by atoms with Crippen molar-refractivity contribution >= 4 is 5.91 Å². The molecule has 2 aromatic carbocycles. The lowest BCUT2D eigenvalue weighted by Gasteiger charge is -2.10. The van der Waals surface area contributed by atoms with Crippen LogP contribution in [0.4, 0.5) is 4.39 Å². The summed E-state index contributed by atoms with van der Waals surface area (Å²) in [5.74, 6) is 5.58. The SMILES string of the molecule is O=C(NC[C@H]1CCCO1)c1ccc(C#Cc2ccc(F)cc2)cc1. The fraction of sp³-hybridized carbons (Fsp3) is 0.250. The predicted molar refractivity (Wildman–Crippen MR) is 90.1 cm³/mol. The molecule has 0 unspecified atom stereocenters. The Morgan fingerprint density at radius 2 is 1.71 bits per heavy atom. The van der Waals surface area contributed by atoms with Gasteiger partial charge in [0, 0.05) is 29.8 Å². The van der Waals surface area contributed by atoms with E-state index in [1.807, 2.05) is 0 Å². The van der Waals surface area contributed by atoms with Gasteiger partial charge in [-0.25, -0.2) is 4.39 Å². The Labute approximate surface area is 140 Å². The van der Waals surface area contributed by atoms with Crippen LogP contribution >= 0.6 is 0 Å². The molecule has 1 heterocycles. The number of hydrogen-bond acceptors (Lipinski definition) is 2. The lowest BCUT2D eigenvalue weighted by Crippen LogP contribution is -2.31. The molecule has 1 aliphatic heterocycles. The number of halogens is 1. The maximum Gasteiger partial charge on any atom is 0.251 e. The van der Waals surface area contributed by atoms with Gasteiger partial charge in [0.2, 0.25) is 0 Å². The van der Waals surface area contributed by atoms with Crippen LogP contribution in [0, 0.1) is 17.7 Å². The molecule has 1 fully saturated rings. The summed E-state index contributed by atoms with van der Waals surface area (Å²) in [6.45, 7) is 1.33. The molecule has 3 nitrogen and oxygen atoms in total. The molecule has 1 amide bonds. The minimum Gasteiger partial charge on any atom is -0.376 e. The minimum atomic E-state index is -0.279. The summed E-state index contributed by atoms with van der Waals surface area (Å²) in [6, 6.07) is 13.1. The largest absolute Gasteiger partial charge is 0.376 e. The van der Waals surface area contributed by atoms with Gasteiger partial charge in [-0.1, -0.05) is 11.8 Å². The van der Waals surface area contributed by atoms with Crippen molar-refractivity contribution in [2.24, 2.45) is 0 Å². The molecule has 1 aliphatic rings. The van der Waals surface area contributed by atoms with Gasteiger partial charge in [-0.05, 0) is 61.4 Å². The summed E-state index contributed by atoms with van der Waals surface area (Å²) in [4.78, 5) is 12.1. The first-order valence-corrected chi connectivity index (χ1v) is 7.98. The predicted octanol–water partition coefficient (Wildman–Crippen LogP) is 3.13. The van der Waals surface area contributed by atoms with Gasteiger partial charge in [-0.3, -0.25) is 4.79 Å². The van der Waals surface area contributed by atoms with Crippen LogP contribution in [0.15, 0.2) is 48.5 Å². The molecule has 1 N–H and O–H groups in total. The number of rotatable bonds is 3. The van der Waals surface area contributed by atoms with Crippen molar-refractivity contribution in [1.29, 1.82) is 0 Å². The molecule has 0 saturated carbocycles. The summed E-state index contributed by atoms with van der Waals surface area (Å²) < 4.78 is 18.3. The molecule has 1 atom stereocenters. The maximum atomic E-state index is 12.8. The average molecular weight is 323 g/mol. The Bertz CT molecular complexity index is 751. The highest BCUT2D eigenvalue weighted by Crippen LogP contribution is 2.11. The van der Waals surface area contributed by atoms with Crippen LogP contribution in [0.3, 0.4) is 0 Å². The first kappa shape index (κ1) is 16.2. The second-order valence-corrected chi connectivity index (χ2v) is 5.68. The van der Waals surface area contributed by atoms with Crippen molar-refractivity contribution in [3.63, 3.8) is 0 Å². The topological polar surface area (TPSA) is 38.3 Å². The molecule has 24 heavy (non-hydrogen) atoms. The third-order valence-corrected chi connectivity index (χ3v) is 3.86. The van der Waals surface area contributed by atoms with Gasteiger partial charge < -0.3 is 10.1 Å².